The fourth-order valence-electron chi connectivity index (χ4n) is 0.709. The summed E-state index contributed by atoms with van der Waals surface area (Å²) in [5.74, 6) is 0. The van der Waals surface area contributed by atoms with Crippen molar-refractivity contribution in [2.24, 2.45) is 0 Å². The van der Waals surface area contributed by atoms with Crippen molar-refractivity contribution in [2.75, 3.05) is 6.66 Å². The Morgan fingerprint density at radius 2 is 2.00 bits per heavy atom. The summed E-state index contributed by atoms with van der Waals surface area (Å²) in [7, 11) is 0.480. The Morgan fingerprint density at radius 3 is 2.33 bits per heavy atom. The van der Waals surface area contributed by atoms with E-state index in [4.69, 9.17) is 0 Å². The second-order valence-electron chi connectivity index (χ2n) is 2.18. The van der Waals surface area contributed by atoms with Gasteiger partial charge < -0.3 is 0 Å². The van der Waals surface area contributed by atoms with Crippen molar-refractivity contribution in [2.45, 2.75) is 6.18 Å². The average molecular weight is 193 g/mol. The predicted molar refractivity (Wildman–Crippen MR) is 43.1 cm³/mol. The zero-order chi connectivity index (χ0) is 9.19. The normalized spacial score (nSPS) is 12.7. The van der Waals surface area contributed by atoms with E-state index in [1.54, 1.807) is 0 Å². The Morgan fingerprint density at radius 1 is 1.33 bits per heavy atom. The summed E-state index contributed by atoms with van der Waals surface area (Å²) >= 11 is 0. The Labute approximate surface area is 69.8 Å². The van der Waals surface area contributed by atoms with Crippen LogP contribution >= 0.6 is 8.58 Å². The predicted octanol–water partition coefficient (Wildman–Crippen LogP) is 2.03. The highest BCUT2D eigenvalue weighted by molar-refractivity contribution is 7.46. The average Bonchev–Trinajstić information content (AvgIpc) is 2.03. The first-order valence-electron chi connectivity index (χ1n) is 3.25. The summed E-state index contributed by atoms with van der Waals surface area (Å²) < 4.78 is 35.9. The van der Waals surface area contributed by atoms with Gasteiger partial charge >= 0.3 is 6.18 Å². The summed E-state index contributed by atoms with van der Waals surface area (Å²) in [5, 5.41) is 0.836. The summed E-state index contributed by atoms with van der Waals surface area (Å²) in [4.78, 5) is 3.30. The molecule has 0 saturated carbocycles. The summed E-state index contributed by atoms with van der Waals surface area (Å²) in [6.07, 6.45) is -3.06. The van der Waals surface area contributed by atoms with Crippen molar-refractivity contribution in [3.05, 3.63) is 24.0 Å². The van der Waals surface area contributed by atoms with E-state index in [1.807, 2.05) is 6.66 Å². The van der Waals surface area contributed by atoms with Crippen LogP contribution in [-0.2, 0) is 6.18 Å². The number of hydrogen-bond donors (Lipinski definition) is 0. The van der Waals surface area contributed by atoms with E-state index < -0.39 is 11.9 Å². The first kappa shape index (κ1) is 9.46. The maximum Gasteiger partial charge on any atom is 0.433 e. The Kier molecular flexibility index (Phi) is 2.68. The highest BCUT2D eigenvalue weighted by Crippen LogP contribution is 2.26. The van der Waals surface area contributed by atoms with Crippen molar-refractivity contribution in [1.29, 1.82) is 0 Å². The molecule has 1 unspecified atom stereocenters. The summed E-state index contributed by atoms with van der Waals surface area (Å²) in [6, 6.07) is 2.46. The van der Waals surface area contributed by atoms with E-state index in [0.717, 1.165) is 11.4 Å². The minimum atomic E-state index is -4.32. The molecule has 1 heterocycles. The van der Waals surface area contributed by atoms with Gasteiger partial charge in [-0.15, -0.1) is 0 Å². The van der Waals surface area contributed by atoms with Crippen LogP contribution < -0.4 is 5.30 Å². The van der Waals surface area contributed by atoms with Crippen LogP contribution in [0.25, 0.3) is 0 Å². The van der Waals surface area contributed by atoms with Gasteiger partial charge in [-0.2, -0.15) is 13.2 Å². The third-order valence-electron chi connectivity index (χ3n) is 1.34. The molecule has 1 aromatic rings. The van der Waals surface area contributed by atoms with E-state index in [2.05, 4.69) is 4.98 Å². The molecule has 0 radical (unpaired) electrons. The number of alkyl halides is 3. The number of halogens is 3. The maximum absolute atomic E-state index is 12.0. The molecule has 0 bridgehead atoms. The van der Waals surface area contributed by atoms with Gasteiger partial charge in [0.25, 0.3) is 0 Å². The van der Waals surface area contributed by atoms with Gasteiger partial charge in [-0.05, 0) is 18.0 Å². The van der Waals surface area contributed by atoms with Gasteiger partial charge in [0.2, 0.25) is 0 Å². The molecule has 5 heteroatoms. The fourth-order valence-corrected chi connectivity index (χ4v) is 1.15. The molecule has 1 aromatic heterocycles. The second kappa shape index (κ2) is 3.40. The number of hydrogen-bond acceptors (Lipinski definition) is 1. The quantitative estimate of drug-likeness (QED) is 0.622. The van der Waals surface area contributed by atoms with Crippen molar-refractivity contribution in [1.82, 2.24) is 4.98 Å². The lowest BCUT2D eigenvalue weighted by atomic mass is 10.3. The number of nitrogens with zero attached hydrogens (tertiary/aromatic N) is 1. The molecule has 0 fully saturated rings. The Balaban J connectivity index is 2.93. The molecule has 0 amide bonds. The summed E-state index contributed by atoms with van der Waals surface area (Å²) in [5.41, 5.74) is -0.829. The third-order valence-corrected chi connectivity index (χ3v) is 2.22. The topological polar surface area (TPSA) is 12.9 Å². The monoisotopic (exact) mass is 193 g/mol. The zero-order valence-corrected chi connectivity index (χ0v) is 7.31. The smallest absolute Gasteiger partial charge is 0.251 e. The molecular formula is C7H7F3NP. The van der Waals surface area contributed by atoms with Crippen LogP contribution in [0.15, 0.2) is 18.3 Å². The first-order valence-corrected chi connectivity index (χ1v) is 4.75. The molecule has 1 atom stereocenters. The zero-order valence-electron chi connectivity index (χ0n) is 6.31. The van der Waals surface area contributed by atoms with Gasteiger partial charge in [0.05, 0.1) is 0 Å². The van der Waals surface area contributed by atoms with Crippen LogP contribution in [0.4, 0.5) is 13.2 Å². The van der Waals surface area contributed by atoms with Crippen LogP contribution in [-0.4, -0.2) is 11.6 Å². The van der Waals surface area contributed by atoms with E-state index in [0.29, 0.717) is 8.58 Å². The van der Waals surface area contributed by atoms with Crippen molar-refractivity contribution in [3.63, 3.8) is 0 Å². The molecule has 1 rings (SSSR count). The second-order valence-corrected chi connectivity index (χ2v) is 3.26. The van der Waals surface area contributed by atoms with Crippen LogP contribution in [0.2, 0.25) is 0 Å². The standard InChI is InChI=1S/C7H7F3NP/c1-12-5-2-3-6(11-4-5)7(8,9)10/h2-4,12H,1H3. The van der Waals surface area contributed by atoms with Crippen molar-refractivity contribution < 1.29 is 13.2 Å². The minimum absolute atomic E-state index is 0.480. The van der Waals surface area contributed by atoms with Gasteiger partial charge in [0, 0.05) is 6.20 Å². The van der Waals surface area contributed by atoms with Gasteiger partial charge in [0.1, 0.15) is 5.69 Å². The molecule has 0 spiro atoms. The lowest BCUT2D eigenvalue weighted by Crippen LogP contribution is -2.09. The molecule has 12 heavy (non-hydrogen) atoms. The van der Waals surface area contributed by atoms with Gasteiger partial charge in [-0.1, -0.05) is 14.6 Å². The van der Waals surface area contributed by atoms with Gasteiger partial charge in [-0.3, -0.25) is 4.98 Å². The molecule has 0 aromatic carbocycles. The van der Waals surface area contributed by atoms with Crippen LogP contribution in [0.1, 0.15) is 5.69 Å². The van der Waals surface area contributed by atoms with Crippen LogP contribution in [0, 0.1) is 0 Å². The van der Waals surface area contributed by atoms with E-state index in [9.17, 15) is 13.2 Å². The lowest BCUT2D eigenvalue weighted by Gasteiger charge is -2.04. The molecule has 0 N–H and O–H groups in total. The summed E-state index contributed by atoms with van der Waals surface area (Å²) in [6.45, 7) is 1.89. The number of pyridine rings is 1. The first-order chi connectivity index (χ1) is 5.54. The number of aromatic nitrogens is 1. The van der Waals surface area contributed by atoms with Crippen molar-refractivity contribution in [3.8, 4) is 0 Å². The Hall–Kier alpha value is -0.630. The molecule has 66 valence electrons. The molecule has 0 saturated heterocycles. The Bertz CT molecular complexity index is 254. The SMILES string of the molecule is CPc1ccc(C(F)(F)F)nc1. The van der Waals surface area contributed by atoms with Gasteiger partial charge in [0.15, 0.2) is 0 Å². The minimum Gasteiger partial charge on any atom is -0.251 e. The molecular weight excluding hydrogens is 186 g/mol. The fraction of sp³-hybridized carbons (Fsp3) is 0.286. The third kappa shape index (κ3) is 2.18. The molecule has 0 aliphatic carbocycles. The van der Waals surface area contributed by atoms with E-state index in [1.165, 1.54) is 12.3 Å². The van der Waals surface area contributed by atoms with Crippen molar-refractivity contribution >= 4 is 13.9 Å². The molecule has 0 aliphatic heterocycles. The van der Waals surface area contributed by atoms with Crippen LogP contribution in [0.3, 0.4) is 0 Å². The highest BCUT2D eigenvalue weighted by atomic mass is 31.1. The van der Waals surface area contributed by atoms with E-state index in [-0.39, 0.29) is 0 Å². The largest absolute Gasteiger partial charge is 0.433 e. The van der Waals surface area contributed by atoms with E-state index >= 15 is 0 Å². The highest BCUT2D eigenvalue weighted by Gasteiger charge is 2.31. The maximum atomic E-state index is 12.0. The number of rotatable bonds is 1. The lowest BCUT2D eigenvalue weighted by molar-refractivity contribution is -0.141. The molecule has 1 nitrogen and oxygen atoms in total. The molecule has 0 aliphatic rings. The van der Waals surface area contributed by atoms with Crippen LogP contribution in [0.5, 0.6) is 0 Å². The van der Waals surface area contributed by atoms with Gasteiger partial charge in [-0.25, -0.2) is 0 Å².